The quantitative estimate of drug-likeness (QED) is 0.761. The largest absolute Gasteiger partial charge is 0.336 e. The second kappa shape index (κ2) is 7.08. The molecule has 0 unspecified atom stereocenters. The Hall–Kier alpha value is -2.20. The molecule has 0 spiro atoms. The minimum atomic E-state index is -3.61. The van der Waals surface area contributed by atoms with Crippen molar-refractivity contribution in [3.8, 4) is 0 Å². The van der Waals surface area contributed by atoms with Crippen molar-refractivity contribution in [2.24, 2.45) is 7.05 Å². The van der Waals surface area contributed by atoms with E-state index in [1.807, 2.05) is 25.5 Å². The van der Waals surface area contributed by atoms with Crippen LogP contribution in [0, 0.1) is 20.8 Å². The zero-order valence-electron chi connectivity index (χ0n) is 16.4. The van der Waals surface area contributed by atoms with Crippen LogP contribution in [0.15, 0.2) is 11.1 Å². The Balaban J connectivity index is 1.75. The van der Waals surface area contributed by atoms with E-state index >= 15 is 0 Å². The Morgan fingerprint density at radius 1 is 1.11 bits per heavy atom. The Bertz CT molecular complexity index is 967. The number of nitrogens with zero attached hydrogens (tertiary/aromatic N) is 6. The van der Waals surface area contributed by atoms with Crippen molar-refractivity contribution < 1.29 is 13.2 Å². The van der Waals surface area contributed by atoms with Gasteiger partial charge in [-0.15, -0.1) is 0 Å². The minimum Gasteiger partial charge on any atom is -0.336 e. The lowest BCUT2D eigenvalue weighted by Crippen LogP contribution is -2.50. The molecular formula is C17H26N6O3S. The molecule has 0 atom stereocenters. The van der Waals surface area contributed by atoms with Crippen LogP contribution in [-0.4, -0.2) is 69.3 Å². The van der Waals surface area contributed by atoms with Gasteiger partial charge in [0.1, 0.15) is 4.90 Å². The lowest BCUT2D eigenvalue weighted by molar-refractivity contribution is 0.0696. The van der Waals surface area contributed by atoms with Gasteiger partial charge < -0.3 is 4.90 Å². The first kappa shape index (κ1) is 19.6. The predicted octanol–water partition coefficient (Wildman–Crippen LogP) is 0.708. The summed E-state index contributed by atoms with van der Waals surface area (Å²) < 4.78 is 30.5. The fourth-order valence-corrected chi connectivity index (χ4v) is 5.08. The summed E-state index contributed by atoms with van der Waals surface area (Å²) in [6.45, 7) is 9.39. The first-order valence-electron chi connectivity index (χ1n) is 9.00. The van der Waals surface area contributed by atoms with E-state index in [-0.39, 0.29) is 23.9 Å². The van der Waals surface area contributed by atoms with Crippen molar-refractivity contribution in [2.45, 2.75) is 39.1 Å². The Labute approximate surface area is 159 Å². The second-order valence-corrected chi connectivity index (χ2v) is 8.68. The van der Waals surface area contributed by atoms with Crippen molar-refractivity contribution in [3.05, 3.63) is 28.8 Å². The molecule has 2 aromatic rings. The number of piperazine rings is 1. The summed E-state index contributed by atoms with van der Waals surface area (Å²) in [5, 5.41) is 8.43. The molecule has 1 aliphatic rings. The number of sulfonamides is 1. The zero-order chi connectivity index (χ0) is 19.9. The summed E-state index contributed by atoms with van der Waals surface area (Å²) in [6.07, 6.45) is 1.38. The minimum absolute atomic E-state index is 0.0840. The van der Waals surface area contributed by atoms with Crippen LogP contribution in [0.2, 0.25) is 0 Å². The first-order chi connectivity index (χ1) is 12.7. The maximum atomic E-state index is 12.9. The van der Waals surface area contributed by atoms with Crippen molar-refractivity contribution in [3.63, 3.8) is 0 Å². The molecule has 3 rings (SSSR count). The van der Waals surface area contributed by atoms with E-state index < -0.39 is 10.0 Å². The third-order valence-electron chi connectivity index (χ3n) is 5.23. The van der Waals surface area contributed by atoms with E-state index in [0.29, 0.717) is 36.6 Å². The summed E-state index contributed by atoms with van der Waals surface area (Å²) in [5.74, 6) is -0.0840. The molecule has 0 N–H and O–H groups in total. The molecule has 0 aliphatic carbocycles. The summed E-state index contributed by atoms with van der Waals surface area (Å²) in [5.41, 5.74) is 2.78. The van der Waals surface area contributed by atoms with Gasteiger partial charge in [-0.1, -0.05) is 0 Å². The van der Waals surface area contributed by atoms with Crippen LogP contribution in [0.4, 0.5) is 0 Å². The molecule has 10 heteroatoms. The topological polar surface area (TPSA) is 93.3 Å². The van der Waals surface area contributed by atoms with Gasteiger partial charge in [0.15, 0.2) is 0 Å². The summed E-state index contributed by atoms with van der Waals surface area (Å²) in [6, 6.07) is 0. The van der Waals surface area contributed by atoms with E-state index in [9.17, 15) is 13.2 Å². The third-order valence-corrected chi connectivity index (χ3v) is 7.23. The highest BCUT2D eigenvalue weighted by Gasteiger charge is 2.33. The smallest absolute Gasteiger partial charge is 0.257 e. The van der Waals surface area contributed by atoms with Crippen molar-refractivity contribution in [1.82, 2.24) is 28.8 Å². The molecule has 3 heterocycles. The molecule has 2 aromatic heterocycles. The number of hydrogen-bond acceptors (Lipinski definition) is 5. The average molecular weight is 395 g/mol. The molecule has 148 valence electrons. The van der Waals surface area contributed by atoms with Crippen molar-refractivity contribution in [2.75, 3.05) is 26.2 Å². The monoisotopic (exact) mass is 394 g/mol. The summed E-state index contributed by atoms with van der Waals surface area (Å²) in [7, 11) is -1.89. The number of hydrogen-bond donors (Lipinski definition) is 0. The molecule has 1 amide bonds. The SMILES string of the molecule is CCn1nc(C)c(C(=O)N2CCN(S(=O)(=O)c3cnn(C)c3C)CC2)c1C. The Kier molecular flexibility index (Phi) is 5.13. The van der Waals surface area contributed by atoms with E-state index in [0.717, 1.165) is 5.69 Å². The van der Waals surface area contributed by atoms with Crippen molar-refractivity contribution >= 4 is 15.9 Å². The Morgan fingerprint density at radius 3 is 2.22 bits per heavy atom. The number of aromatic nitrogens is 4. The van der Waals surface area contributed by atoms with Gasteiger partial charge in [-0.2, -0.15) is 14.5 Å². The fourth-order valence-electron chi connectivity index (χ4n) is 3.47. The molecule has 1 saturated heterocycles. The highest BCUT2D eigenvalue weighted by atomic mass is 32.2. The summed E-state index contributed by atoms with van der Waals surface area (Å²) >= 11 is 0. The molecule has 1 aliphatic heterocycles. The van der Waals surface area contributed by atoms with Crippen LogP contribution in [-0.2, 0) is 23.6 Å². The molecule has 27 heavy (non-hydrogen) atoms. The fraction of sp³-hybridized carbons (Fsp3) is 0.588. The van der Waals surface area contributed by atoms with Gasteiger partial charge in [-0.3, -0.25) is 14.2 Å². The molecule has 0 bridgehead atoms. The third kappa shape index (κ3) is 3.27. The molecule has 0 aromatic carbocycles. The van der Waals surface area contributed by atoms with E-state index in [1.54, 1.807) is 23.6 Å². The normalized spacial score (nSPS) is 16.1. The number of carbonyl (C=O) groups is 1. The van der Waals surface area contributed by atoms with Crippen LogP contribution in [0.5, 0.6) is 0 Å². The van der Waals surface area contributed by atoms with Gasteiger partial charge >= 0.3 is 0 Å². The van der Waals surface area contributed by atoms with E-state index in [1.165, 1.54) is 10.5 Å². The second-order valence-electron chi connectivity index (χ2n) is 6.78. The molecule has 0 radical (unpaired) electrons. The van der Waals surface area contributed by atoms with E-state index in [4.69, 9.17) is 0 Å². The van der Waals surface area contributed by atoms with Gasteiger partial charge in [-0.25, -0.2) is 8.42 Å². The van der Waals surface area contributed by atoms with Crippen LogP contribution in [0.25, 0.3) is 0 Å². The molecule has 9 nitrogen and oxygen atoms in total. The van der Waals surface area contributed by atoms with E-state index in [2.05, 4.69) is 10.2 Å². The lowest BCUT2D eigenvalue weighted by atomic mass is 10.1. The van der Waals surface area contributed by atoms with Crippen LogP contribution in [0.3, 0.4) is 0 Å². The zero-order valence-corrected chi connectivity index (χ0v) is 17.2. The van der Waals surface area contributed by atoms with Crippen LogP contribution in [0.1, 0.15) is 34.4 Å². The molecule has 0 saturated carbocycles. The van der Waals surface area contributed by atoms with Gasteiger partial charge in [0, 0.05) is 45.5 Å². The van der Waals surface area contributed by atoms with Crippen molar-refractivity contribution in [1.29, 1.82) is 0 Å². The van der Waals surface area contributed by atoms with Gasteiger partial charge in [0.05, 0.1) is 23.1 Å². The number of carbonyl (C=O) groups excluding carboxylic acids is 1. The van der Waals surface area contributed by atoms with Gasteiger partial charge in [0.25, 0.3) is 5.91 Å². The van der Waals surface area contributed by atoms with Gasteiger partial charge in [0.2, 0.25) is 10.0 Å². The van der Waals surface area contributed by atoms with Crippen LogP contribution < -0.4 is 0 Å². The predicted molar refractivity (Wildman–Crippen MR) is 100.0 cm³/mol. The number of amides is 1. The van der Waals surface area contributed by atoms with Gasteiger partial charge in [-0.05, 0) is 27.7 Å². The Morgan fingerprint density at radius 2 is 1.74 bits per heavy atom. The van der Waals surface area contributed by atoms with Crippen LogP contribution >= 0.6 is 0 Å². The maximum Gasteiger partial charge on any atom is 0.257 e. The number of rotatable bonds is 4. The maximum absolute atomic E-state index is 12.9. The first-order valence-corrected chi connectivity index (χ1v) is 10.4. The number of aryl methyl sites for hydroxylation is 3. The molecular weight excluding hydrogens is 368 g/mol. The highest BCUT2D eigenvalue weighted by molar-refractivity contribution is 7.89. The standard InChI is InChI=1S/C17H26N6O3S/c1-6-23-14(4)16(12(2)19-23)17(24)21-7-9-22(10-8-21)27(25,26)15-11-18-20(5)13(15)3/h11H,6-10H2,1-5H3. The lowest BCUT2D eigenvalue weighted by Gasteiger charge is -2.34. The molecule has 1 fully saturated rings. The highest BCUT2D eigenvalue weighted by Crippen LogP contribution is 2.22. The summed E-state index contributed by atoms with van der Waals surface area (Å²) in [4.78, 5) is 14.9. The average Bonchev–Trinajstić information content (AvgIpc) is 3.13.